The highest BCUT2D eigenvalue weighted by Gasteiger charge is 2.37. The molecular weight excluding hydrogens is 187 g/mol. The quantitative estimate of drug-likeness (QED) is 0.562. The lowest BCUT2D eigenvalue weighted by molar-refractivity contribution is -0.0884. The first-order chi connectivity index (χ1) is 5.93. The van der Waals surface area contributed by atoms with Crippen molar-refractivity contribution in [3.8, 4) is 0 Å². The summed E-state index contributed by atoms with van der Waals surface area (Å²) in [5.41, 5.74) is -1.86. The number of allylic oxidation sites excluding steroid dienone is 1. The Bertz CT molecular complexity index is 327. The summed E-state index contributed by atoms with van der Waals surface area (Å²) < 4.78 is 35.7. The van der Waals surface area contributed by atoms with Crippen molar-refractivity contribution in [2.75, 3.05) is 0 Å². The van der Waals surface area contributed by atoms with E-state index in [0.29, 0.717) is 0 Å². The minimum atomic E-state index is -4.73. The fourth-order valence-corrected chi connectivity index (χ4v) is 0.594. The molecule has 0 unspecified atom stereocenters. The zero-order valence-corrected chi connectivity index (χ0v) is 6.22. The molecule has 1 aromatic heterocycles. The van der Waals surface area contributed by atoms with Gasteiger partial charge >= 0.3 is 6.18 Å². The molecule has 7 heteroatoms. The van der Waals surface area contributed by atoms with Gasteiger partial charge in [-0.3, -0.25) is 4.79 Å². The van der Waals surface area contributed by atoms with Crippen molar-refractivity contribution in [3.05, 3.63) is 24.0 Å². The highest BCUT2D eigenvalue weighted by atomic mass is 19.4. The second-order valence-corrected chi connectivity index (χ2v) is 2.16. The topological polar surface area (TPSA) is 58.6 Å². The summed E-state index contributed by atoms with van der Waals surface area (Å²) in [5, 5.41) is 8.43. The molecule has 0 amide bonds. The van der Waals surface area contributed by atoms with E-state index in [-0.39, 0.29) is 0 Å². The van der Waals surface area contributed by atoms with Crippen LogP contribution in [0.3, 0.4) is 0 Å². The molecule has 0 aromatic carbocycles. The van der Waals surface area contributed by atoms with E-state index in [4.69, 9.17) is 0 Å². The van der Waals surface area contributed by atoms with Gasteiger partial charge in [-0.1, -0.05) is 6.58 Å². The number of hydrogen-bond acceptors (Lipinski definition) is 3. The van der Waals surface area contributed by atoms with Gasteiger partial charge in [0.1, 0.15) is 0 Å². The number of aromatic nitrogens is 3. The van der Waals surface area contributed by atoms with Gasteiger partial charge in [-0.05, 0) is 0 Å². The number of aromatic amines is 1. The van der Waals surface area contributed by atoms with Crippen LogP contribution in [0.5, 0.6) is 0 Å². The maximum atomic E-state index is 11.9. The molecule has 0 atom stereocenters. The van der Waals surface area contributed by atoms with Gasteiger partial charge < -0.3 is 0 Å². The standard InChI is InChI=1S/C6H4F3N3O/c1-3(6(7,8)9)5(13)4-2-10-12-11-4/h2H,1H2,(H,10,11,12). The number of rotatable bonds is 2. The van der Waals surface area contributed by atoms with E-state index >= 15 is 0 Å². The molecule has 0 saturated heterocycles. The normalized spacial score (nSPS) is 11.3. The minimum Gasteiger partial charge on any atom is -0.287 e. The van der Waals surface area contributed by atoms with Gasteiger partial charge in [0.05, 0.1) is 11.8 Å². The van der Waals surface area contributed by atoms with Crippen LogP contribution in [0, 0.1) is 0 Å². The van der Waals surface area contributed by atoms with Crippen LogP contribution in [-0.4, -0.2) is 27.4 Å². The predicted molar refractivity (Wildman–Crippen MR) is 35.9 cm³/mol. The van der Waals surface area contributed by atoms with Gasteiger partial charge in [0.25, 0.3) is 0 Å². The molecule has 0 aliphatic carbocycles. The van der Waals surface area contributed by atoms with E-state index in [1.165, 1.54) is 0 Å². The number of carbonyl (C=O) groups is 1. The average Bonchev–Trinajstić information content (AvgIpc) is 2.51. The Morgan fingerprint density at radius 3 is 2.54 bits per heavy atom. The Kier molecular flexibility index (Phi) is 2.18. The van der Waals surface area contributed by atoms with Gasteiger partial charge in [0, 0.05) is 0 Å². The number of halogens is 3. The lowest BCUT2D eigenvalue weighted by Crippen LogP contribution is -2.19. The Morgan fingerprint density at radius 2 is 2.15 bits per heavy atom. The van der Waals surface area contributed by atoms with E-state index in [1.54, 1.807) is 0 Å². The summed E-state index contributed by atoms with van der Waals surface area (Å²) in [6.45, 7) is 2.63. The van der Waals surface area contributed by atoms with Crippen LogP contribution in [0.1, 0.15) is 10.5 Å². The smallest absolute Gasteiger partial charge is 0.287 e. The third-order valence-electron chi connectivity index (χ3n) is 1.26. The SMILES string of the molecule is C=C(C(=O)c1cn[nH]n1)C(F)(F)F. The molecule has 0 fully saturated rings. The number of alkyl halides is 3. The van der Waals surface area contributed by atoms with Crippen LogP contribution in [0.4, 0.5) is 13.2 Å². The first kappa shape index (κ1) is 9.43. The molecule has 1 rings (SSSR count). The first-order valence-electron chi connectivity index (χ1n) is 3.09. The van der Waals surface area contributed by atoms with Crippen LogP contribution in [0.25, 0.3) is 0 Å². The lowest BCUT2D eigenvalue weighted by atomic mass is 10.1. The fourth-order valence-electron chi connectivity index (χ4n) is 0.594. The first-order valence-corrected chi connectivity index (χ1v) is 3.09. The van der Waals surface area contributed by atoms with Crippen LogP contribution in [0.2, 0.25) is 0 Å². The number of hydrogen-bond donors (Lipinski definition) is 1. The Hall–Kier alpha value is -1.66. The van der Waals surface area contributed by atoms with E-state index < -0.39 is 23.2 Å². The van der Waals surface area contributed by atoms with E-state index in [9.17, 15) is 18.0 Å². The zero-order chi connectivity index (χ0) is 10.1. The second-order valence-electron chi connectivity index (χ2n) is 2.16. The third-order valence-corrected chi connectivity index (χ3v) is 1.26. The summed E-state index contributed by atoms with van der Waals surface area (Å²) in [5.74, 6) is -1.28. The minimum absolute atomic E-state index is 0.401. The number of nitrogens with one attached hydrogen (secondary N) is 1. The third kappa shape index (κ3) is 1.92. The molecule has 0 aliphatic heterocycles. The Morgan fingerprint density at radius 1 is 1.54 bits per heavy atom. The summed E-state index contributed by atoms with van der Waals surface area (Å²) in [6.07, 6.45) is -3.82. The maximum absolute atomic E-state index is 11.9. The van der Waals surface area contributed by atoms with Crippen molar-refractivity contribution in [1.29, 1.82) is 0 Å². The summed E-state index contributed by atoms with van der Waals surface area (Å²) in [4.78, 5) is 10.9. The highest BCUT2D eigenvalue weighted by molar-refractivity contribution is 6.07. The maximum Gasteiger partial charge on any atom is 0.419 e. The highest BCUT2D eigenvalue weighted by Crippen LogP contribution is 2.26. The van der Waals surface area contributed by atoms with Gasteiger partial charge in [-0.2, -0.15) is 28.6 Å². The summed E-state index contributed by atoms with van der Waals surface area (Å²) >= 11 is 0. The van der Waals surface area contributed by atoms with Crippen molar-refractivity contribution in [3.63, 3.8) is 0 Å². The molecule has 0 spiro atoms. The predicted octanol–water partition coefficient (Wildman–Crippen LogP) is 1.11. The van der Waals surface area contributed by atoms with Crippen LogP contribution in [-0.2, 0) is 0 Å². The molecule has 13 heavy (non-hydrogen) atoms. The van der Waals surface area contributed by atoms with Gasteiger partial charge in [-0.15, -0.1) is 0 Å². The fraction of sp³-hybridized carbons (Fsp3) is 0.167. The van der Waals surface area contributed by atoms with Crippen LogP contribution < -0.4 is 0 Å². The molecule has 0 bridgehead atoms. The van der Waals surface area contributed by atoms with Crippen molar-refractivity contribution in [1.82, 2.24) is 15.4 Å². The Balaban J connectivity index is 2.88. The molecule has 1 heterocycles. The molecule has 0 radical (unpaired) electrons. The number of carbonyl (C=O) groups excluding carboxylic acids is 1. The molecular formula is C6H4F3N3O. The monoisotopic (exact) mass is 191 g/mol. The lowest BCUT2D eigenvalue weighted by Gasteiger charge is -2.05. The van der Waals surface area contributed by atoms with E-state index in [2.05, 4.69) is 16.8 Å². The largest absolute Gasteiger partial charge is 0.419 e. The van der Waals surface area contributed by atoms with Gasteiger partial charge in [-0.25, -0.2) is 0 Å². The zero-order valence-electron chi connectivity index (χ0n) is 6.22. The van der Waals surface area contributed by atoms with E-state index in [1.807, 2.05) is 5.21 Å². The van der Waals surface area contributed by atoms with Crippen molar-refractivity contribution in [2.24, 2.45) is 0 Å². The second kappa shape index (κ2) is 3.00. The van der Waals surface area contributed by atoms with E-state index in [0.717, 1.165) is 6.20 Å². The number of ketones is 1. The van der Waals surface area contributed by atoms with Crippen molar-refractivity contribution >= 4 is 5.78 Å². The number of H-pyrrole nitrogens is 1. The molecule has 0 aliphatic rings. The van der Waals surface area contributed by atoms with Crippen LogP contribution >= 0.6 is 0 Å². The molecule has 4 nitrogen and oxygen atoms in total. The molecule has 0 saturated carbocycles. The molecule has 1 N–H and O–H groups in total. The Labute approximate surface area is 70.4 Å². The number of Topliss-reactive ketones (excluding diaryl/α,β-unsaturated/α-hetero) is 1. The molecule has 70 valence electrons. The number of nitrogens with zero attached hydrogens (tertiary/aromatic N) is 2. The van der Waals surface area contributed by atoms with Crippen molar-refractivity contribution in [2.45, 2.75) is 6.18 Å². The van der Waals surface area contributed by atoms with Gasteiger partial charge in [0.2, 0.25) is 5.78 Å². The van der Waals surface area contributed by atoms with Crippen molar-refractivity contribution < 1.29 is 18.0 Å². The van der Waals surface area contributed by atoms with Crippen LogP contribution in [0.15, 0.2) is 18.3 Å². The summed E-state index contributed by atoms with van der Waals surface area (Å²) in [7, 11) is 0. The van der Waals surface area contributed by atoms with Gasteiger partial charge in [0.15, 0.2) is 5.69 Å². The summed E-state index contributed by atoms with van der Waals surface area (Å²) in [6, 6.07) is 0. The molecule has 1 aromatic rings. The average molecular weight is 191 g/mol.